The smallest absolute Gasteiger partial charge is 0.375 e. The first-order chi connectivity index (χ1) is 18.9. The third-order valence-electron chi connectivity index (χ3n) is 9.37. The van der Waals surface area contributed by atoms with Crippen molar-refractivity contribution in [3.63, 3.8) is 0 Å². The van der Waals surface area contributed by atoms with Gasteiger partial charge in [-0.15, -0.1) is 0 Å². The third kappa shape index (κ3) is 7.15. The summed E-state index contributed by atoms with van der Waals surface area (Å²) < 4.78 is 41.2. The van der Waals surface area contributed by atoms with Crippen LogP contribution in [0.15, 0.2) is 31.0 Å². The van der Waals surface area contributed by atoms with Crippen LogP contribution >= 0.6 is 0 Å². The fraction of sp³-hybridized carbons (Fsp3) is 0.719. The Bertz CT molecular complexity index is 1000. The largest absolute Gasteiger partial charge is 0.416 e. The van der Waals surface area contributed by atoms with Crippen LogP contribution in [-0.4, -0.2) is 78.0 Å². The number of rotatable bonds is 8. The highest BCUT2D eigenvalue weighted by atomic mass is 19.4. The molecule has 0 spiro atoms. The molecule has 3 aliphatic heterocycles. The van der Waals surface area contributed by atoms with E-state index in [0.717, 1.165) is 88.9 Å². The van der Waals surface area contributed by atoms with Gasteiger partial charge in [-0.1, -0.05) is 26.0 Å². The summed E-state index contributed by atoms with van der Waals surface area (Å²) in [5.74, 6) is 0.448. The Morgan fingerprint density at radius 1 is 1.02 bits per heavy atom. The minimum atomic E-state index is -4.37. The van der Waals surface area contributed by atoms with Crippen LogP contribution in [0.3, 0.4) is 0 Å². The Kier molecular flexibility index (Phi) is 9.79. The number of nitrogens with zero attached hydrogens (tertiary/aromatic N) is 4. The number of halogens is 3. The van der Waals surface area contributed by atoms with E-state index in [1.165, 1.54) is 12.1 Å². The number of alkyl halides is 3. The Hall–Kier alpha value is -2.22. The van der Waals surface area contributed by atoms with Gasteiger partial charge in [0.1, 0.15) is 0 Å². The number of hydrogen-bond donors (Lipinski definition) is 0. The molecule has 40 heavy (non-hydrogen) atoms. The maximum Gasteiger partial charge on any atom is 0.416 e. The molecule has 5 nitrogen and oxygen atoms in total. The van der Waals surface area contributed by atoms with E-state index < -0.39 is 11.7 Å². The van der Waals surface area contributed by atoms with Crippen LogP contribution in [0.1, 0.15) is 89.7 Å². The van der Waals surface area contributed by atoms with Crippen molar-refractivity contribution in [3.8, 4) is 0 Å². The van der Waals surface area contributed by atoms with Crippen LogP contribution in [0.25, 0.3) is 0 Å². The second-order valence-corrected chi connectivity index (χ2v) is 13.0. The van der Waals surface area contributed by atoms with E-state index in [-0.39, 0.29) is 23.3 Å². The normalized spacial score (nSPS) is 22.1. The van der Waals surface area contributed by atoms with E-state index >= 15 is 0 Å². The van der Waals surface area contributed by atoms with Crippen LogP contribution in [0, 0.1) is 5.92 Å². The zero-order valence-electron chi connectivity index (χ0n) is 25.0. The van der Waals surface area contributed by atoms with Gasteiger partial charge in [-0.3, -0.25) is 9.69 Å². The fourth-order valence-corrected chi connectivity index (χ4v) is 6.78. The number of amides is 1. The molecule has 3 saturated heterocycles. The summed E-state index contributed by atoms with van der Waals surface area (Å²) in [5, 5.41) is 0. The Morgan fingerprint density at radius 2 is 1.70 bits per heavy atom. The molecule has 4 rings (SSSR count). The highest BCUT2D eigenvalue weighted by Crippen LogP contribution is 2.40. The summed E-state index contributed by atoms with van der Waals surface area (Å²) in [4.78, 5) is 22.2. The molecule has 1 atom stereocenters. The molecule has 3 heterocycles. The topological polar surface area (TPSA) is 30.0 Å². The van der Waals surface area contributed by atoms with Crippen molar-refractivity contribution < 1.29 is 18.0 Å². The van der Waals surface area contributed by atoms with Crippen molar-refractivity contribution in [2.75, 3.05) is 50.7 Å². The number of unbranched alkanes of at least 4 members (excludes halogenated alkanes) is 1. The van der Waals surface area contributed by atoms with Gasteiger partial charge in [-0.05, 0) is 95.7 Å². The zero-order valence-corrected chi connectivity index (χ0v) is 25.0. The maximum absolute atomic E-state index is 13.7. The molecular weight excluding hydrogens is 513 g/mol. The molecule has 1 aromatic carbocycles. The second-order valence-electron chi connectivity index (χ2n) is 13.0. The summed E-state index contributed by atoms with van der Waals surface area (Å²) in [5.41, 5.74) is 1.22. The van der Waals surface area contributed by atoms with Gasteiger partial charge in [0, 0.05) is 56.5 Å². The number of likely N-dealkylation sites (tertiary alicyclic amines) is 2. The molecule has 0 aromatic heterocycles. The molecular formula is C32H49F3N4O. The molecule has 0 N–H and O–H groups in total. The van der Waals surface area contributed by atoms with Gasteiger partial charge in [0.25, 0.3) is 0 Å². The number of hydrogen-bond acceptors (Lipinski definition) is 4. The molecule has 224 valence electrons. The van der Waals surface area contributed by atoms with Gasteiger partial charge in [0.05, 0.1) is 11.5 Å². The van der Waals surface area contributed by atoms with Crippen LogP contribution in [0.4, 0.5) is 18.9 Å². The van der Waals surface area contributed by atoms with Crippen molar-refractivity contribution in [1.29, 1.82) is 0 Å². The molecule has 0 bridgehead atoms. The Balaban J connectivity index is 1.43. The van der Waals surface area contributed by atoms with Crippen LogP contribution in [-0.2, 0) is 11.0 Å². The van der Waals surface area contributed by atoms with Gasteiger partial charge >= 0.3 is 6.18 Å². The SMILES string of the molecule is C=CN(CCCC)C1CCN(c2cc(C(F)(F)F)ccc2C2CCN(C(=O)C3CCN(C(C)(C)C)C3)CC2)CC1. The average molecular weight is 563 g/mol. The van der Waals surface area contributed by atoms with E-state index in [1.807, 2.05) is 11.1 Å². The minimum absolute atomic E-state index is 0.0474. The highest BCUT2D eigenvalue weighted by molar-refractivity contribution is 5.79. The van der Waals surface area contributed by atoms with Gasteiger partial charge in [-0.2, -0.15) is 13.2 Å². The summed E-state index contributed by atoms with van der Waals surface area (Å²) in [6.07, 6.45) is 4.08. The predicted molar refractivity (Wildman–Crippen MR) is 156 cm³/mol. The van der Waals surface area contributed by atoms with Crippen molar-refractivity contribution in [1.82, 2.24) is 14.7 Å². The van der Waals surface area contributed by atoms with Crippen LogP contribution in [0.2, 0.25) is 0 Å². The second kappa shape index (κ2) is 12.7. The predicted octanol–water partition coefficient (Wildman–Crippen LogP) is 6.75. The van der Waals surface area contributed by atoms with Gasteiger partial charge in [-0.25, -0.2) is 0 Å². The lowest BCUT2D eigenvalue weighted by molar-refractivity contribution is -0.138. The number of piperidine rings is 2. The van der Waals surface area contributed by atoms with Gasteiger partial charge in [0.15, 0.2) is 0 Å². The quantitative estimate of drug-likeness (QED) is 0.351. The van der Waals surface area contributed by atoms with E-state index in [4.69, 9.17) is 0 Å². The van der Waals surface area contributed by atoms with Crippen molar-refractivity contribution >= 4 is 11.6 Å². The fourth-order valence-electron chi connectivity index (χ4n) is 6.78. The lowest BCUT2D eigenvalue weighted by atomic mass is 9.86. The lowest BCUT2D eigenvalue weighted by Crippen LogP contribution is -2.45. The van der Waals surface area contributed by atoms with Crippen molar-refractivity contribution in [3.05, 3.63) is 42.1 Å². The number of anilines is 1. The molecule has 3 aliphatic rings. The maximum atomic E-state index is 13.7. The molecule has 1 unspecified atom stereocenters. The van der Waals surface area contributed by atoms with E-state index in [1.54, 1.807) is 6.07 Å². The summed E-state index contributed by atoms with van der Waals surface area (Å²) >= 11 is 0. The van der Waals surface area contributed by atoms with Crippen LogP contribution < -0.4 is 4.90 Å². The first-order valence-corrected chi connectivity index (χ1v) is 15.3. The van der Waals surface area contributed by atoms with Crippen LogP contribution in [0.5, 0.6) is 0 Å². The lowest BCUT2D eigenvalue weighted by Gasteiger charge is -2.41. The van der Waals surface area contributed by atoms with Crippen molar-refractivity contribution in [2.45, 2.75) is 96.3 Å². The first kappa shape index (κ1) is 30.7. The monoisotopic (exact) mass is 562 g/mol. The van der Waals surface area contributed by atoms with Gasteiger partial charge in [0.2, 0.25) is 5.91 Å². The van der Waals surface area contributed by atoms with E-state index in [2.05, 4.69) is 49.0 Å². The van der Waals surface area contributed by atoms with Crippen molar-refractivity contribution in [2.24, 2.45) is 5.92 Å². The molecule has 3 fully saturated rings. The highest BCUT2D eigenvalue weighted by Gasteiger charge is 2.38. The minimum Gasteiger partial charge on any atom is -0.375 e. The molecule has 0 radical (unpaired) electrons. The third-order valence-corrected chi connectivity index (χ3v) is 9.37. The molecule has 1 aromatic rings. The first-order valence-electron chi connectivity index (χ1n) is 15.3. The van der Waals surface area contributed by atoms with Gasteiger partial charge < -0.3 is 14.7 Å². The number of carbonyl (C=O) groups excluding carboxylic acids is 1. The number of benzene rings is 1. The number of carbonyl (C=O) groups is 1. The Labute approximate surface area is 239 Å². The summed E-state index contributed by atoms with van der Waals surface area (Å²) in [6.45, 7) is 18.3. The van der Waals surface area contributed by atoms with E-state index in [0.29, 0.717) is 19.1 Å². The van der Waals surface area contributed by atoms with E-state index in [9.17, 15) is 18.0 Å². The molecule has 8 heteroatoms. The standard InChI is InChI=1S/C32H49F3N4O/c1-6-8-16-36(7-2)27-14-19-37(20-15-27)29-22-26(32(33,34)35)9-10-28(29)24-11-17-38(18-12-24)30(40)25-13-21-39(23-25)31(3,4)5/h7,9-10,22,24-25,27H,2,6,8,11-21,23H2,1,3-5H3. The molecule has 1 amide bonds. The molecule has 0 saturated carbocycles. The molecule has 0 aliphatic carbocycles. The Morgan fingerprint density at radius 3 is 2.25 bits per heavy atom. The average Bonchev–Trinajstić information content (AvgIpc) is 3.44. The summed E-state index contributed by atoms with van der Waals surface area (Å²) in [7, 11) is 0. The summed E-state index contributed by atoms with van der Waals surface area (Å²) in [6, 6.07) is 4.71. The zero-order chi connectivity index (χ0) is 29.1.